The Morgan fingerprint density at radius 1 is 1.06 bits per heavy atom. The van der Waals surface area contributed by atoms with Gasteiger partial charge in [0.25, 0.3) is 0 Å². The van der Waals surface area contributed by atoms with Gasteiger partial charge in [-0.25, -0.2) is 13.1 Å². The number of sulfonamides is 1. The van der Waals surface area contributed by atoms with Gasteiger partial charge in [0.1, 0.15) is 11.9 Å². The maximum atomic E-state index is 12.9. The molecule has 5 N–H and O–H groups in total. The standard InChI is InChI=1S/C26H31N3O4S/c1-18(19-5-3-2-4-6-19)29-34(31,32)24-13-14-26-21(15-24)9-12-23(33-26)16-28-17-25(30)20-7-10-22(27)11-8-20/h2-8,10-11,13-15,18,23,25,28-30H,9,12,16-17,27H2,1H3. The van der Waals surface area contributed by atoms with Crippen molar-refractivity contribution < 1.29 is 18.3 Å². The minimum Gasteiger partial charge on any atom is -0.489 e. The van der Waals surface area contributed by atoms with Crippen LogP contribution < -0.4 is 20.5 Å². The van der Waals surface area contributed by atoms with Gasteiger partial charge >= 0.3 is 0 Å². The molecule has 0 amide bonds. The number of hydrogen-bond acceptors (Lipinski definition) is 6. The third-order valence-corrected chi connectivity index (χ3v) is 7.57. The molecule has 3 aromatic carbocycles. The second-order valence-electron chi connectivity index (χ2n) is 8.64. The number of hydrogen-bond donors (Lipinski definition) is 4. The van der Waals surface area contributed by atoms with Crippen molar-refractivity contribution in [2.24, 2.45) is 0 Å². The number of nitrogens with one attached hydrogen (secondary N) is 2. The van der Waals surface area contributed by atoms with Gasteiger partial charge in [-0.2, -0.15) is 0 Å². The molecule has 7 nitrogen and oxygen atoms in total. The number of anilines is 1. The lowest BCUT2D eigenvalue weighted by molar-refractivity contribution is 0.146. The number of fused-ring (bicyclic) bond motifs is 1. The van der Waals surface area contributed by atoms with E-state index in [0.717, 1.165) is 29.5 Å². The molecule has 180 valence electrons. The van der Waals surface area contributed by atoms with E-state index in [9.17, 15) is 13.5 Å². The topological polar surface area (TPSA) is 114 Å². The second kappa shape index (κ2) is 10.6. The molecule has 8 heteroatoms. The van der Waals surface area contributed by atoms with Crippen LogP contribution in [0.1, 0.15) is 42.2 Å². The van der Waals surface area contributed by atoms with Gasteiger partial charge in [-0.3, -0.25) is 0 Å². The number of aryl methyl sites for hydroxylation is 1. The Balaban J connectivity index is 1.32. The fourth-order valence-corrected chi connectivity index (χ4v) is 5.34. The number of aliphatic hydroxyl groups is 1. The van der Waals surface area contributed by atoms with E-state index in [2.05, 4.69) is 10.0 Å². The van der Waals surface area contributed by atoms with Crippen molar-refractivity contribution in [1.82, 2.24) is 10.0 Å². The third kappa shape index (κ3) is 5.95. The quantitative estimate of drug-likeness (QED) is 0.349. The zero-order valence-corrected chi connectivity index (χ0v) is 20.0. The monoisotopic (exact) mass is 481 g/mol. The molecular weight excluding hydrogens is 450 g/mol. The number of benzene rings is 3. The number of aliphatic hydroxyl groups excluding tert-OH is 1. The first kappa shape index (κ1) is 24.2. The molecule has 34 heavy (non-hydrogen) atoms. The van der Waals surface area contributed by atoms with Crippen molar-refractivity contribution in [1.29, 1.82) is 0 Å². The first-order valence-electron chi connectivity index (χ1n) is 11.4. The van der Waals surface area contributed by atoms with Gasteiger partial charge in [0.15, 0.2) is 0 Å². The third-order valence-electron chi connectivity index (χ3n) is 6.03. The smallest absolute Gasteiger partial charge is 0.241 e. The molecule has 1 aliphatic heterocycles. The lowest BCUT2D eigenvalue weighted by Crippen LogP contribution is -2.36. The summed E-state index contributed by atoms with van der Waals surface area (Å²) in [6.07, 6.45) is 0.801. The second-order valence-corrected chi connectivity index (χ2v) is 10.4. The molecule has 1 aliphatic rings. The fourth-order valence-electron chi connectivity index (χ4n) is 4.06. The zero-order valence-electron chi connectivity index (χ0n) is 19.1. The molecule has 3 unspecified atom stereocenters. The van der Waals surface area contributed by atoms with Crippen molar-refractivity contribution in [2.45, 2.75) is 42.9 Å². The Bertz CT molecular complexity index is 1200. The minimum absolute atomic E-state index is 0.0511. The van der Waals surface area contributed by atoms with Gasteiger partial charge in [-0.1, -0.05) is 42.5 Å². The fraction of sp³-hybridized carbons (Fsp3) is 0.308. The van der Waals surface area contributed by atoms with E-state index in [1.807, 2.05) is 49.4 Å². The average molecular weight is 482 g/mol. The summed E-state index contributed by atoms with van der Waals surface area (Å²) in [5.74, 6) is 0.701. The van der Waals surface area contributed by atoms with Crippen LogP contribution in [0.3, 0.4) is 0 Å². The highest BCUT2D eigenvalue weighted by atomic mass is 32.2. The van der Waals surface area contributed by atoms with Gasteiger partial charge in [0.05, 0.1) is 11.0 Å². The van der Waals surface area contributed by atoms with Crippen LogP contribution in [0.4, 0.5) is 5.69 Å². The summed E-state index contributed by atoms with van der Waals surface area (Å²) in [5, 5.41) is 13.6. The maximum Gasteiger partial charge on any atom is 0.241 e. The number of rotatable bonds is 9. The molecular formula is C26H31N3O4S. The van der Waals surface area contributed by atoms with Crippen LogP contribution in [0.15, 0.2) is 77.7 Å². The van der Waals surface area contributed by atoms with Crippen LogP contribution in [-0.4, -0.2) is 32.7 Å². The Labute approximate surface area is 201 Å². The van der Waals surface area contributed by atoms with E-state index in [4.69, 9.17) is 10.5 Å². The summed E-state index contributed by atoms with van der Waals surface area (Å²) in [4.78, 5) is 0.237. The Morgan fingerprint density at radius 2 is 1.79 bits per heavy atom. The van der Waals surface area contributed by atoms with Crippen LogP contribution in [-0.2, 0) is 16.4 Å². The molecule has 0 spiro atoms. The van der Waals surface area contributed by atoms with Crippen molar-refractivity contribution in [3.8, 4) is 5.75 Å². The van der Waals surface area contributed by atoms with Gasteiger partial charge in [-0.05, 0) is 66.8 Å². The average Bonchev–Trinajstić information content (AvgIpc) is 2.84. The van der Waals surface area contributed by atoms with Crippen molar-refractivity contribution in [2.75, 3.05) is 18.8 Å². The zero-order chi connectivity index (χ0) is 24.1. The Hall–Kier alpha value is -2.91. The first-order chi connectivity index (χ1) is 16.3. The van der Waals surface area contributed by atoms with Crippen molar-refractivity contribution in [3.63, 3.8) is 0 Å². The predicted octanol–water partition coefficient (Wildman–Crippen LogP) is 3.33. The van der Waals surface area contributed by atoms with Crippen LogP contribution >= 0.6 is 0 Å². The number of ether oxygens (including phenoxy) is 1. The first-order valence-corrected chi connectivity index (χ1v) is 12.9. The van der Waals surface area contributed by atoms with Crippen molar-refractivity contribution in [3.05, 3.63) is 89.5 Å². The SMILES string of the molecule is CC(NS(=O)(=O)c1ccc2c(c1)CCC(CNCC(O)c1ccc(N)cc1)O2)c1ccccc1. The molecule has 0 bridgehead atoms. The van der Waals surface area contributed by atoms with Crippen LogP contribution in [0, 0.1) is 0 Å². The largest absolute Gasteiger partial charge is 0.489 e. The Morgan fingerprint density at radius 3 is 2.53 bits per heavy atom. The van der Waals surface area contributed by atoms with Crippen LogP contribution in [0.25, 0.3) is 0 Å². The highest BCUT2D eigenvalue weighted by molar-refractivity contribution is 7.89. The van der Waals surface area contributed by atoms with E-state index in [1.165, 1.54) is 0 Å². The number of nitrogen functional groups attached to an aromatic ring is 1. The summed E-state index contributed by atoms with van der Waals surface area (Å²) in [6, 6.07) is 21.3. The summed E-state index contributed by atoms with van der Waals surface area (Å²) in [7, 11) is -3.66. The molecule has 1 heterocycles. The lowest BCUT2D eigenvalue weighted by atomic mass is 10.0. The summed E-state index contributed by atoms with van der Waals surface area (Å²) in [5.41, 5.74) is 8.95. The molecule has 0 radical (unpaired) electrons. The van der Waals surface area contributed by atoms with Crippen LogP contribution in [0.2, 0.25) is 0 Å². The molecule has 4 rings (SSSR count). The van der Waals surface area contributed by atoms with E-state index in [0.29, 0.717) is 24.5 Å². The number of nitrogens with two attached hydrogens (primary N) is 1. The molecule has 0 aliphatic carbocycles. The Kier molecular flexibility index (Phi) is 7.53. The highest BCUT2D eigenvalue weighted by Gasteiger charge is 2.24. The van der Waals surface area contributed by atoms with Crippen LogP contribution in [0.5, 0.6) is 5.75 Å². The van der Waals surface area contributed by atoms with Gasteiger partial charge in [0.2, 0.25) is 10.0 Å². The lowest BCUT2D eigenvalue weighted by Gasteiger charge is -2.27. The molecule has 0 saturated heterocycles. The van der Waals surface area contributed by atoms with Crippen molar-refractivity contribution >= 4 is 15.7 Å². The van der Waals surface area contributed by atoms with Gasteiger partial charge < -0.3 is 20.9 Å². The highest BCUT2D eigenvalue weighted by Crippen LogP contribution is 2.30. The van der Waals surface area contributed by atoms with E-state index >= 15 is 0 Å². The van der Waals surface area contributed by atoms with E-state index in [1.54, 1.807) is 30.3 Å². The van der Waals surface area contributed by atoms with E-state index < -0.39 is 16.1 Å². The van der Waals surface area contributed by atoms with E-state index in [-0.39, 0.29) is 17.0 Å². The summed E-state index contributed by atoms with van der Waals surface area (Å²) < 4.78 is 34.7. The molecule has 0 aromatic heterocycles. The molecule has 3 atom stereocenters. The maximum absolute atomic E-state index is 12.9. The van der Waals surface area contributed by atoms with Gasteiger partial charge in [-0.15, -0.1) is 0 Å². The normalized spacial score (nSPS) is 17.4. The molecule has 0 saturated carbocycles. The van der Waals surface area contributed by atoms with Gasteiger partial charge in [0, 0.05) is 24.8 Å². The molecule has 0 fully saturated rings. The molecule has 3 aromatic rings. The summed E-state index contributed by atoms with van der Waals surface area (Å²) in [6.45, 7) is 2.82. The predicted molar refractivity (Wildman–Crippen MR) is 133 cm³/mol. The minimum atomic E-state index is -3.66. The summed E-state index contributed by atoms with van der Waals surface area (Å²) >= 11 is 0.